The second-order valence-electron chi connectivity index (χ2n) is 6.58. The van der Waals surface area contributed by atoms with Crippen molar-refractivity contribution in [1.82, 2.24) is 9.80 Å². The van der Waals surface area contributed by atoms with E-state index in [9.17, 15) is 13.2 Å². The van der Waals surface area contributed by atoms with Crippen molar-refractivity contribution in [1.29, 1.82) is 0 Å². The number of nitrogens with two attached hydrogens (primary N) is 1. The Labute approximate surface area is 156 Å². The number of hydrogen-bond acceptors (Lipinski definition) is 4. The number of halogens is 3. The first kappa shape index (κ1) is 19.9. The van der Waals surface area contributed by atoms with Crippen LogP contribution in [0.1, 0.15) is 17.2 Å². The summed E-state index contributed by atoms with van der Waals surface area (Å²) in [5.41, 5.74) is 6.26. The van der Waals surface area contributed by atoms with Gasteiger partial charge in [-0.1, -0.05) is 12.1 Å². The maximum Gasteiger partial charge on any atom is 0.416 e. The largest absolute Gasteiger partial charge is 0.416 e. The van der Waals surface area contributed by atoms with Crippen LogP contribution in [0.4, 0.5) is 13.2 Å². The zero-order chi connectivity index (χ0) is 19.3. The van der Waals surface area contributed by atoms with Gasteiger partial charge in [0.2, 0.25) is 0 Å². The predicted octanol–water partition coefficient (Wildman–Crippen LogP) is 1.73. The summed E-state index contributed by atoms with van der Waals surface area (Å²) in [5, 5.41) is 0. The Morgan fingerprint density at radius 1 is 1.00 bits per heavy atom. The van der Waals surface area contributed by atoms with Crippen LogP contribution in [0, 0.1) is 0 Å². The van der Waals surface area contributed by atoms with Crippen LogP contribution in [-0.4, -0.2) is 74.9 Å². The van der Waals surface area contributed by atoms with Gasteiger partial charge in [-0.25, -0.2) is 0 Å². The van der Waals surface area contributed by atoms with Crippen LogP contribution >= 0.6 is 0 Å². The molecular formula is C18H25F3N4O2. The van der Waals surface area contributed by atoms with Gasteiger partial charge >= 0.3 is 6.18 Å². The van der Waals surface area contributed by atoms with E-state index in [0.29, 0.717) is 65.1 Å². The molecule has 0 amide bonds. The minimum atomic E-state index is -4.34. The lowest BCUT2D eigenvalue weighted by molar-refractivity contribution is -0.137. The predicted molar refractivity (Wildman–Crippen MR) is 95.5 cm³/mol. The highest BCUT2D eigenvalue weighted by Crippen LogP contribution is 2.31. The molecule has 9 heteroatoms. The van der Waals surface area contributed by atoms with Gasteiger partial charge in [-0.05, 0) is 17.7 Å². The maximum atomic E-state index is 12.9. The van der Waals surface area contributed by atoms with E-state index < -0.39 is 11.7 Å². The second-order valence-corrected chi connectivity index (χ2v) is 6.58. The second kappa shape index (κ2) is 8.90. The van der Waals surface area contributed by atoms with Crippen LogP contribution in [-0.2, 0) is 15.7 Å². The van der Waals surface area contributed by atoms with E-state index in [1.165, 1.54) is 12.1 Å². The lowest BCUT2D eigenvalue weighted by atomic mass is 10.0. The Balaban J connectivity index is 1.76. The van der Waals surface area contributed by atoms with Gasteiger partial charge in [0.25, 0.3) is 0 Å². The summed E-state index contributed by atoms with van der Waals surface area (Å²) in [5.74, 6) is 0.448. The highest BCUT2D eigenvalue weighted by atomic mass is 19.4. The Morgan fingerprint density at radius 3 is 2.11 bits per heavy atom. The SMILES string of the molecule is NC(=NCC(c1ccc(C(F)(F)F)cc1)N1CCOCC1)N1CCOCC1. The molecule has 2 fully saturated rings. The molecular weight excluding hydrogens is 361 g/mol. The average Bonchev–Trinajstić information content (AvgIpc) is 2.69. The maximum absolute atomic E-state index is 12.9. The van der Waals surface area contributed by atoms with E-state index in [2.05, 4.69) is 9.89 Å². The van der Waals surface area contributed by atoms with Crippen molar-refractivity contribution in [2.24, 2.45) is 10.7 Å². The van der Waals surface area contributed by atoms with Crippen molar-refractivity contribution in [2.45, 2.75) is 12.2 Å². The Morgan fingerprint density at radius 2 is 1.56 bits per heavy atom. The van der Waals surface area contributed by atoms with Crippen LogP contribution in [0.25, 0.3) is 0 Å². The summed E-state index contributed by atoms with van der Waals surface area (Å²) in [4.78, 5) is 8.68. The number of nitrogens with zero attached hydrogens (tertiary/aromatic N) is 3. The molecule has 150 valence electrons. The van der Waals surface area contributed by atoms with Crippen molar-refractivity contribution < 1.29 is 22.6 Å². The number of alkyl halides is 3. The highest BCUT2D eigenvalue weighted by molar-refractivity contribution is 5.78. The molecule has 27 heavy (non-hydrogen) atoms. The summed E-state index contributed by atoms with van der Waals surface area (Å²) >= 11 is 0. The standard InChI is InChI=1S/C18H25F3N4O2/c19-18(20,21)15-3-1-14(2-4-15)16(24-5-9-26-10-6-24)13-23-17(22)25-7-11-27-12-8-25/h1-4,16H,5-13H2,(H2,22,23). The fourth-order valence-electron chi connectivity index (χ4n) is 3.29. The molecule has 2 heterocycles. The zero-order valence-electron chi connectivity index (χ0n) is 15.1. The van der Waals surface area contributed by atoms with Crippen LogP contribution in [0.3, 0.4) is 0 Å². The fourth-order valence-corrected chi connectivity index (χ4v) is 3.29. The smallest absolute Gasteiger partial charge is 0.379 e. The Bertz CT molecular complexity index is 624. The molecule has 2 aliphatic rings. The van der Waals surface area contributed by atoms with E-state index in [4.69, 9.17) is 15.2 Å². The average molecular weight is 386 g/mol. The third-order valence-electron chi connectivity index (χ3n) is 4.87. The molecule has 2 aliphatic heterocycles. The zero-order valence-corrected chi connectivity index (χ0v) is 15.1. The number of guanidine groups is 1. The molecule has 3 rings (SSSR count). The number of morpholine rings is 2. The normalized spacial score (nSPS) is 21.3. The number of benzene rings is 1. The van der Waals surface area contributed by atoms with Gasteiger partial charge in [-0.15, -0.1) is 0 Å². The van der Waals surface area contributed by atoms with E-state index in [-0.39, 0.29) is 6.04 Å². The van der Waals surface area contributed by atoms with Gasteiger partial charge in [-0.2, -0.15) is 13.2 Å². The fraction of sp³-hybridized carbons (Fsp3) is 0.611. The molecule has 0 aliphatic carbocycles. The third kappa shape index (κ3) is 5.33. The minimum Gasteiger partial charge on any atom is -0.379 e. The molecule has 0 aromatic heterocycles. The first-order valence-corrected chi connectivity index (χ1v) is 9.07. The van der Waals surface area contributed by atoms with E-state index in [1.807, 2.05) is 4.90 Å². The van der Waals surface area contributed by atoms with Gasteiger partial charge in [0.05, 0.1) is 44.6 Å². The van der Waals surface area contributed by atoms with Crippen LogP contribution in [0.2, 0.25) is 0 Å². The van der Waals surface area contributed by atoms with Gasteiger partial charge < -0.3 is 20.1 Å². The molecule has 1 aromatic carbocycles. The Hall–Kier alpha value is -1.84. The van der Waals surface area contributed by atoms with Crippen LogP contribution < -0.4 is 5.73 Å². The first-order valence-electron chi connectivity index (χ1n) is 9.07. The monoisotopic (exact) mass is 386 g/mol. The topological polar surface area (TPSA) is 63.3 Å². The minimum absolute atomic E-state index is 0.143. The van der Waals surface area contributed by atoms with Crippen molar-refractivity contribution in [3.8, 4) is 0 Å². The molecule has 1 unspecified atom stereocenters. The summed E-state index contributed by atoms with van der Waals surface area (Å²) in [6, 6.07) is 5.17. The molecule has 1 atom stereocenters. The molecule has 0 saturated carbocycles. The van der Waals surface area contributed by atoms with Crippen molar-refractivity contribution >= 4 is 5.96 Å². The molecule has 2 N–H and O–H groups in total. The summed E-state index contributed by atoms with van der Waals surface area (Å²) in [6.07, 6.45) is -4.34. The van der Waals surface area contributed by atoms with Crippen molar-refractivity contribution in [2.75, 3.05) is 59.2 Å². The molecule has 1 aromatic rings. The lowest BCUT2D eigenvalue weighted by Gasteiger charge is -2.34. The van der Waals surface area contributed by atoms with Gasteiger partial charge in [0, 0.05) is 26.2 Å². The number of aliphatic imine (C=N–C) groups is 1. The molecule has 0 bridgehead atoms. The lowest BCUT2D eigenvalue weighted by Crippen LogP contribution is -2.45. The van der Waals surface area contributed by atoms with Gasteiger partial charge in [0.15, 0.2) is 5.96 Å². The first-order chi connectivity index (χ1) is 12.9. The molecule has 2 saturated heterocycles. The van der Waals surface area contributed by atoms with Crippen molar-refractivity contribution in [3.63, 3.8) is 0 Å². The molecule has 6 nitrogen and oxygen atoms in total. The van der Waals surface area contributed by atoms with Crippen LogP contribution in [0.5, 0.6) is 0 Å². The number of ether oxygens (including phenoxy) is 2. The van der Waals surface area contributed by atoms with Crippen molar-refractivity contribution in [3.05, 3.63) is 35.4 Å². The number of hydrogen-bond donors (Lipinski definition) is 1. The van der Waals surface area contributed by atoms with Crippen LogP contribution in [0.15, 0.2) is 29.3 Å². The summed E-state index contributed by atoms with van der Waals surface area (Å²) < 4.78 is 49.3. The quantitative estimate of drug-likeness (QED) is 0.631. The number of rotatable bonds is 4. The highest BCUT2D eigenvalue weighted by Gasteiger charge is 2.31. The Kier molecular flexibility index (Phi) is 6.56. The summed E-state index contributed by atoms with van der Waals surface area (Å²) in [7, 11) is 0. The summed E-state index contributed by atoms with van der Waals surface area (Å²) in [6.45, 7) is 5.60. The molecule has 0 spiro atoms. The van der Waals surface area contributed by atoms with E-state index in [0.717, 1.165) is 17.7 Å². The van der Waals surface area contributed by atoms with Gasteiger partial charge in [0.1, 0.15) is 0 Å². The van der Waals surface area contributed by atoms with E-state index in [1.54, 1.807) is 0 Å². The van der Waals surface area contributed by atoms with E-state index >= 15 is 0 Å². The third-order valence-corrected chi connectivity index (χ3v) is 4.87. The molecule has 0 radical (unpaired) electrons. The van der Waals surface area contributed by atoms with Gasteiger partial charge in [-0.3, -0.25) is 9.89 Å².